The monoisotopic (exact) mass is 376 g/mol. The fourth-order valence-corrected chi connectivity index (χ4v) is 3.99. The van der Waals surface area contributed by atoms with Gasteiger partial charge in [-0.2, -0.15) is 0 Å². The molecule has 8 nitrogen and oxygen atoms in total. The number of nitrogens with one attached hydrogen (secondary N) is 2. The molecular weight excluding hydrogens is 348 g/mol. The van der Waals surface area contributed by atoms with Crippen molar-refractivity contribution in [3.63, 3.8) is 0 Å². The number of nitrogens with zero attached hydrogens (tertiary/aromatic N) is 2. The van der Waals surface area contributed by atoms with Crippen molar-refractivity contribution in [2.75, 3.05) is 40.9 Å². The van der Waals surface area contributed by atoms with Gasteiger partial charge in [0.15, 0.2) is 17.5 Å². The Labute approximate surface area is 159 Å². The minimum absolute atomic E-state index is 0.00972. The number of phenolic OH excluding ortho intramolecular Hbond substituents is 1. The van der Waals surface area contributed by atoms with Gasteiger partial charge in [-0.1, -0.05) is 0 Å². The smallest absolute Gasteiger partial charge is 0.220 e. The zero-order chi connectivity index (χ0) is 19.4. The van der Waals surface area contributed by atoms with Crippen molar-refractivity contribution in [2.24, 2.45) is 10.4 Å². The van der Waals surface area contributed by atoms with Gasteiger partial charge in [-0.15, -0.1) is 0 Å². The number of likely N-dealkylation sites (tertiary alicyclic amines) is 1. The predicted octanol–water partition coefficient (Wildman–Crippen LogP) is 1.09. The summed E-state index contributed by atoms with van der Waals surface area (Å²) < 4.78 is 10.4. The molecule has 0 aliphatic carbocycles. The molecule has 2 aliphatic heterocycles. The summed E-state index contributed by atoms with van der Waals surface area (Å²) in [6, 6.07) is 3.55. The first-order valence-corrected chi connectivity index (χ1v) is 9.16. The number of aromatic hydroxyl groups is 1. The third-order valence-electron chi connectivity index (χ3n) is 5.36. The molecule has 3 rings (SSSR count). The molecule has 2 heterocycles. The summed E-state index contributed by atoms with van der Waals surface area (Å²) >= 11 is 0. The zero-order valence-corrected chi connectivity index (χ0v) is 16.2. The number of rotatable bonds is 4. The largest absolute Gasteiger partial charge is 0.502 e. The van der Waals surface area contributed by atoms with Crippen molar-refractivity contribution in [1.82, 2.24) is 15.5 Å². The summed E-state index contributed by atoms with van der Waals surface area (Å²) in [7, 11) is 4.78. The van der Waals surface area contributed by atoms with Gasteiger partial charge in [-0.3, -0.25) is 9.79 Å². The van der Waals surface area contributed by atoms with Crippen LogP contribution in [0.5, 0.6) is 17.2 Å². The van der Waals surface area contributed by atoms with Gasteiger partial charge >= 0.3 is 0 Å². The van der Waals surface area contributed by atoms with Gasteiger partial charge in [-0.25, -0.2) is 0 Å². The highest BCUT2D eigenvalue weighted by atomic mass is 16.5. The van der Waals surface area contributed by atoms with Crippen LogP contribution >= 0.6 is 0 Å². The van der Waals surface area contributed by atoms with E-state index in [9.17, 15) is 9.90 Å². The standard InChI is InChI=1S/C19H28N4O4/c1-20-18(23-6-4-5-19(12-23)9-16(24)22-11-19)21-10-13-7-14(26-2)17(25)15(8-13)27-3/h7-8,25H,4-6,9-12H2,1-3H3,(H,20,21)(H,22,24). The van der Waals surface area contributed by atoms with Crippen molar-refractivity contribution in [3.8, 4) is 17.2 Å². The molecule has 1 aromatic carbocycles. The molecule has 1 spiro atoms. The van der Waals surface area contributed by atoms with E-state index in [4.69, 9.17) is 9.47 Å². The van der Waals surface area contributed by atoms with E-state index in [0.717, 1.165) is 44.0 Å². The first kappa shape index (κ1) is 19.1. The van der Waals surface area contributed by atoms with Crippen molar-refractivity contribution in [2.45, 2.75) is 25.8 Å². The molecule has 3 N–H and O–H groups in total. The van der Waals surface area contributed by atoms with Gasteiger partial charge in [0.05, 0.1) is 14.2 Å². The van der Waals surface area contributed by atoms with Gasteiger partial charge in [-0.05, 0) is 30.5 Å². The van der Waals surface area contributed by atoms with E-state index in [1.54, 1.807) is 19.2 Å². The van der Waals surface area contributed by atoms with E-state index in [1.165, 1.54) is 14.2 Å². The van der Waals surface area contributed by atoms with E-state index in [2.05, 4.69) is 20.5 Å². The highest BCUT2D eigenvalue weighted by molar-refractivity contribution is 5.81. The van der Waals surface area contributed by atoms with Crippen LogP contribution in [-0.2, 0) is 11.3 Å². The molecule has 2 saturated heterocycles. The first-order chi connectivity index (χ1) is 13.0. The average molecular weight is 376 g/mol. The molecule has 8 heteroatoms. The highest BCUT2D eigenvalue weighted by Crippen LogP contribution is 2.37. The zero-order valence-electron chi connectivity index (χ0n) is 16.2. The molecule has 2 fully saturated rings. The lowest BCUT2D eigenvalue weighted by molar-refractivity contribution is -0.119. The molecule has 1 aromatic rings. The number of guanidine groups is 1. The Hall–Kier alpha value is -2.64. The number of hydrogen-bond acceptors (Lipinski definition) is 5. The van der Waals surface area contributed by atoms with Crippen molar-refractivity contribution < 1.29 is 19.4 Å². The predicted molar refractivity (Wildman–Crippen MR) is 102 cm³/mol. The number of carbonyl (C=O) groups excluding carboxylic acids is 1. The fourth-order valence-electron chi connectivity index (χ4n) is 3.99. The summed E-state index contributed by atoms with van der Waals surface area (Å²) in [5.74, 6) is 1.68. The number of carbonyl (C=O) groups is 1. The number of amides is 1. The van der Waals surface area contributed by atoms with E-state index in [-0.39, 0.29) is 17.1 Å². The summed E-state index contributed by atoms with van der Waals surface area (Å²) in [6.45, 7) is 2.98. The number of benzene rings is 1. The molecule has 2 aliphatic rings. The molecular formula is C19H28N4O4. The maximum absolute atomic E-state index is 11.7. The van der Waals surface area contributed by atoms with Crippen molar-refractivity contribution >= 4 is 11.9 Å². The molecule has 0 aromatic heterocycles. The van der Waals surface area contributed by atoms with E-state index >= 15 is 0 Å². The minimum Gasteiger partial charge on any atom is -0.502 e. The Bertz CT molecular complexity index is 711. The second kappa shape index (κ2) is 7.94. The minimum atomic E-state index is -0.00972. The molecule has 1 amide bonds. The number of ether oxygens (including phenoxy) is 2. The number of phenols is 1. The van der Waals surface area contributed by atoms with Crippen molar-refractivity contribution in [1.29, 1.82) is 0 Å². The SMILES string of the molecule is CN=C(NCc1cc(OC)c(O)c(OC)c1)N1CCCC2(CNC(=O)C2)C1. The number of methoxy groups -OCH3 is 2. The van der Waals surface area contributed by atoms with Crippen LogP contribution in [0.4, 0.5) is 0 Å². The summed E-state index contributed by atoms with van der Waals surface area (Å²) in [5, 5.41) is 16.4. The topological polar surface area (TPSA) is 95.4 Å². The summed E-state index contributed by atoms with van der Waals surface area (Å²) in [6.07, 6.45) is 2.69. The number of piperidine rings is 1. The Balaban J connectivity index is 1.68. The van der Waals surface area contributed by atoms with Crippen LogP contribution < -0.4 is 20.1 Å². The maximum atomic E-state index is 11.7. The molecule has 0 bridgehead atoms. The van der Waals surface area contributed by atoms with Gasteiger partial charge in [0.25, 0.3) is 0 Å². The lowest BCUT2D eigenvalue weighted by Crippen LogP contribution is -2.51. The maximum Gasteiger partial charge on any atom is 0.220 e. The lowest BCUT2D eigenvalue weighted by Gasteiger charge is -2.40. The molecule has 27 heavy (non-hydrogen) atoms. The Morgan fingerprint density at radius 1 is 1.37 bits per heavy atom. The Morgan fingerprint density at radius 2 is 2.07 bits per heavy atom. The molecule has 0 radical (unpaired) electrons. The van der Waals surface area contributed by atoms with Crippen LogP contribution in [0.15, 0.2) is 17.1 Å². The van der Waals surface area contributed by atoms with E-state index in [1.807, 2.05) is 0 Å². The van der Waals surface area contributed by atoms with E-state index in [0.29, 0.717) is 24.5 Å². The van der Waals surface area contributed by atoms with E-state index < -0.39 is 0 Å². The van der Waals surface area contributed by atoms with Gasteiger partial charge < -0.3 is 30.1 Å². The molecule has 0 saturated carbocycles. The normalized spacial score (nSPS) is 22.7. The van der Waals surface area contributed by atoms with Gasteiger partial charge in [0, 0.05) is 45.1 Å². The molecule has 1 unspecified atom stereocenters. The van der Waals surface area contributed by atoms with Gasteiger partial charge in [0.1, 0.15) is 0 Å². The molecule has 148 valence electrons. The lowest BCUT2D eigenvalue weighted by atomic mass is 9.79. The Morgan fingerprint density at radius 3 is 2.63 bits per heavy atom. The second-order valence-corrected chi connectivity index (χ2v) is 7.23. The van der Waals surface area contributed by atoms with Crippen LogP contribution in [0.1, 0.15) is 24.8 Å². The summed E-state index contributed by atoms with van der Waals surface area (Å²) in [4.78, 5) is 18.3. The van der Waals surface area contributed by atoms with Crippen LogP contribution in [0.25, 0.3) is 0 Å². The second-order valence-electron chi connectivity index (χ2n) is 7.23. The van der Waals surface area contributed by atoms with Crippen molar-refractivity contribution in [3.05, 3.63) is 17.7 Å². The van der Waals surface area contributed by atoms with Crippen LogP contribution in [0.3, 0.4) is 0 Å². The number of aliphatic imine (C=N–C) groups is 1. The van der Waals surface area contributed by atoms with Gasteiger partial charge in [0.2, 0.25) is 11.7 Å². The average Bonchev–Trinajstić information content (AvgIpc) is 3.02. The first-order valence-electron chi connectivity index (χ1n) is 9.16. The Kier molecular flexibility index (Phi) is 5.62. The fraction of sp³-hybridized carbons (Fsp3) is 0.579. The van der Waals surface area contributed by atoms with Crippen LogP contribution in [0.2, 0.25) is 0 Å². The summed E-state index contributed by atoms with van der Waals surface area (Å²) in [5.41, 5.74) is 0.921. The number of hydrogen-bond donors (Lipinski definition) is 3. The third-order valence-corrected chi connectivity index (χ3v) is 5.36. The molecule has 1 atom stereocenters. The quantitative estimate of drug-likeness (QED) is 0.538. The highest BCUT2D eigenvalue weighted by Gasteiger charge is 2.42. The third kappa shape index (κ3) is 4.04. The van der Waals surface area contributed by atoms with Crippen LogP contribution in [0, 0.1) is 5.41 Å². The van der Waals surface area contributed by atoms with Crippen LogP contribution in [-0.4, -0.2) is 62.8 Å².